The van der Waals surface area contributed by atoms with Crippen LogP contribution >= 0.6 is 11.6 Å². The van der Waals surface area contributed by atoms with Gasteiger partial charge in [-0.1, -0.05) is 54.1 Å². The van der Waals surface area contributed by atoms with Crippen LogP contribution in [0, 0.1) is 5.41 Å². The Morgan fingerprint density at radius 1 is 1.16 bits per heavy atom. The highest BCUT2D eigenvalue weighted by Gasteiger charge is 2.27. The summed E-state index contributed by atoms with van der Waals surface area (Å²) in [5, 5.41) is 21.3. The van der Waals surface area contributed by atoms with Crippen LogP contribution in [0.4, 0.5) is 0 Å². The molecule has 2 N–H and O–H groups in total. The molecule has 3 nitrogen and oxygen atoms in total. The fourth-order valence-corrected chi connectivity index (χ4v) is 2.74. The van der Waals surface area contributed by atoms with E-state index in [0.717, 1.165) is 21.4 Å². The van der Waals surface area contributed by atoms with Gasteiger partial charge in [-0.3, -0.25) is 5.21 Å². The number of rotatable bonds is 1. The van der Waals surface area contributed by atoms with Crippen LogP contribution in [0.3, 0.4) is 0 Å². The molecular formula is C15H13ClN2O. The lowest BCUT2D eigenvalue weighted by Gasteiger charge is -2.31. The third-order valence-electron chi connectivity index (χ3n) is 3.40. The first-order valence-electron chi connectivity index (χ1n) is 6.07. The monoisotopic (exact) mass is 272 g/mol. The molecule has 96 valence electrons. The number of fused-ring (bicyclic) bond motifs is 1. The summed E-state index contributed by atoms with van der Waals surface area (Å²) in [4.78, 5) is 0. The minimum atomic E-state index is -0.309. The van der Waals surface area contributed by atoms with Crippen molar-refractivity contribution in [1.82, 2.24) is 5.06 Å². The van der Waals surface area contributed by atoms with Gasteiger partial charge in [0.15, 0.2) is 0 Å². The number of nitrogens with zero attached hydrogens (tertiary/aromatic N) is 1. The summed E-state index contributed by atoms with van der Waals surface area (Å²) in [5.74, 6) is 0. The fraction of sp³-hybridized carbons (Fsp3) is 0.133. The first-order valence-corrected chi connectivity index (χ1v) is 6.45. The Hall–Kier alpha value is -1.84. The third kappa shape index (κ3) is 2.11. The highest BCUT2D eigenvalue weighted by molar-refractivity contribution is 6.31. The summed E-state index contributed by atoms with van der Waals surface area (Å²) in [5.41, 5.74) is 1.41. The molecule has 1 aliphatic heterocycles. The van der Waals surface area contributed by atoms with E-state index in [9.17, 15) is 5.21 Å². The molecule has 0 bridgehead atoms. The van der Waals surface area contributed by atoms with Crippen LogP contribution in [-0.2, 0) is 0 Å². The summed E-state index contributed by atoms with van der Waals surface area (Å²) in [6.07, 6.45) is 1.92. The molecule has 0 radical (unpaired) electrons. The van der Waals surface area contributed by atoms with Gasteiger partial charge < -0.3 is 5.41 Å². The molecule has 0 saturated carbocycles. The van der Waals surface area contributed by atoms with Gasteiger partial charge in [0.25, 0.3) is 0 Å². The molecule has 1 heterocycles. The second-order valence-electron chi connectivity index (χ2n) is 4.63. The Labute approximate surface area is 116 Å². The van der Waals surface area contributed by atoms with E-state index in [0.29, 0.717) is 12.1 Å². The molecule has 19 heavy (non-hydrogen) atoms. The van der Waals surface area contributed by atoms with Gasteiger partial charge in [-0.05, 0) is 22.4 Å². The maximum Gasteiger partial charge on any atom is 0.131 e. The molecule has 0 spiro atoms. The summed E-state index contributed by atoms with van der Waals surface area (Å²) in [7, 11) is 0. The predicted molar refractivity (Wildman–Crippen MR) is 76.6 cm³/mol. The molecule has 4 heteroatoms. The number of halogens is 1. The zero-order valence-corrected chi connectivity index (χ0v) is 10.9. The average molecular weight is 273 g/mol. The second kappa shape index (κ2) is 4.68. The summed E-state index contributed by atoms with van der Waals surface area (Å²) < 4.78 is 0. The molecule has 0 aliphatic carbocycles. The largest absolute Gasteiger partial charge is 0.305 e. The van der Waals surface area contributed by atoms with Crippen LogP contribution in [0.1, 0.15) is 18.0 Å². The summed E-state index contributed by atoms with van der Waals surface area (Å²) in [6, 6.07) is 13.7. The summed E-state index contributed by atoms with van der Waals surface area (Å²) >= 11 is 5.95. The molecule has 2 aromatic carbocycles. The van der Waals surface area contributed by atoms with Crippen molar-refractivity contribution < 1.29 is 5.21 Å². The van der Waals surface area contributed by atoms with Crippen molar-refractivity contribution in [2.75, 3.05) is 0 Å². The summed E-state index contributed by atoms with van der Waals surface area (Å²) in [6.45, 7) is 0. The number of benzene rings is 2. The van der Waals surface area contributed by atoms with Crippen molar-refractivity contribution in [3.05, 3.63) is 59.3 Å². The van der Waals surface area contributed by atoms with E-state index in [-0.39, 0.29) is 11.2 Å². The van der Waals surface area contributed by atoms with E-state index in [1.807, 2.05) is 42.5 Å². The van der Waals surface area contributed by atoms with Crippen molar-refractivity contribution in [3.63, 3.8) is 0 Å². The van der Waals surface area contributed by atoms with Crippen molar-refractivity contribution in [2.45, 2.75) is 12.5 Å². The van der Waals surface area contributed by atoms with Crippen LogP contribution in [0.2, 0.25) is 0 Å². The van der Waals surface area contributed by atoms with Gasteiger partial charge in [0.1, 0.15) is 5.16 Å². The Morgan fingerprint density at radius 2 is 1.89 bits per heavy atom. The predicted octanol–water partition coefficient (Wildman–Crippen LogP) is 4.08. The average Bonchev–Trinajstić information content (AvgIpc) is 2.42. The molecule has 1 atom stereocenters. The SMILES string of the molecule is N=C1C=C(Cl)N(O)C(c2cccc3ccccc23)C1. The zero-order valence-electron chi connectivity index (χ0n) is 10.2. The molecule has 0 amide bonds. The van der Waals surface area contributed by atoms with Crippen LogP contribution in [-0.4, -0.2) is 16.0 Å². The molecule has 3 rings (SSSR count). The molecule has 1 aliphatic rings. The Kier molecular flexibility index (Phi) is 3.01. The van der Waals surface area contributed by atoms with E-state index < -0.39 is 0 Å². The molecule has 0 saturated heterocycles. The lowest BCUT2D eigenvalue weighted by molar-refractivity contribution is -0.0857. The van der Waals surface area contributed by atoms with E-state index in [1.54, 1.807) is 0 Å². The van der Waals surface area contributed by atoms with Gasteiger partial charge in [-0.2, -0.15) is 0 Å². The van der Waals surface area contributed by atoms with E-state index in [1.165, 1.54) is 6.08 Å². The Balaban J connectivity index is 2.15. The van der Waals surface area contributed by atoms with E-state index >= 15 is 0 Å². The van der Waals surface area contributed by atoms with Crippen LogP contribution in [0.25, 0.3) is 10.8 Å². The maximum absolute atomic E-state index is 10.1. The Morgan fingerprint density at radius 3 is 2.74 bits per heavy atom. The minimum absolute atomic E-state index is 0.189. The second-order valence-corrected chi connectivity index (χ2v) is 5.01. The minimum Gasteiger partial charge on any atom is -0.305 e. The highest BCUT2D eigenvalue weighted by Crippen LogP contribution is 2.35. The van der Waals surface area contributed by atoms with Gasteiger partial charge >= 0.3 is 0 Å². The van der Waals surface area contributed by atoms with Gasteiger partial charge in [-0.25, -0.2) is 5.06 Å². The van der Waals surface area contributed by atoms with E-state index in [2.05, 4.69) is 0 Å². The quantitative estimate of drug-likeness (QED) is 0.769. The number of nitrogens with one attached hydrogen (secondary N) is 1. The lowest BCUT2D eigenvalue weighted by atomic mass is 9.93. The zero-order chi connectivity index (χ0) is 13.4. The molecule has 1 unspecified atom stereocenters. The van der Waals surface area contributed by atoms with Crippen LogP contribution in [0.5, 0.6) is 0 Å². The molecular weight excluding hydrogens is 260 g/mol. The number of hydrogen-bond donors (Lipinski definition) is 2. The normalized spacial score (nSPS) is 19.7. The van der Waals surface area contributed by atoms with Gasteiger partial charge in [0.05, 0.1) is 6.04 Å². The van der Waals surface area contributed by atoms with Crippen molar-refractivity contribution in [3.8, 4) is 0 Å². The highest BCUT2D eigenvalue weighted by atomic mass is 35.5. The van der Waals surface area contributed by atoms with Gasteiger partial charge in [-0.15, -0.1) is 0 Å². The topological polar surface area (TPSA) is 47.3 Å². The van der Waals surface area contributed by atoms with Gasteiger partial charge in [0, 0.05) is 12.1 Å². The van der Waals surface area contributed by atoms with Crippen LogP contribution in [0.15, 0.2) is 53.7 Å². The Bertz CT molecular complexity index is 675. The first kappa shape index (κ1) is 12.2. The number of hydroxylamine groups is 2. The number of hydrogen-bond acceptors (Lipinski definition) is 3. The molecule has 0 fully saturated rings. The van der Waals surface area contributed by atoms with Crippen molar-refractivity contribution in [2.24, 2.45) is 0 Å². The van der Waals surface area contributed by atoms with Crippen LogP contribution < -0.4 is 0 Å². The maximum atomic E-state index is 10.1. The molecule has 0 aromatic heterocycles. The van der Waals surface area contributed by atoms with E-state index in [4.69, 9.17) is 17.0 Å². The smallest absolute Gasteiger partial charge is 0.131 e. The fourth-order valence-electron chi connectivity index (χ4n) is 2.50. The van der Waals surface area contributed by atoms with Crippen molar-refractivity contribution >= 4 is 28.1 Å². The lowest BCUT2D eigenvalue weighted by Crippen LogP contribution is -2.29. The number of allylic oxidation sites excluding steroid dienone is 1. The third-order valence-corrected chi connectivity index (χ3v) is 3.69. The van der Waals surface area contributed by atoms with Crippen molar-refractivity contribution in [1.29, 1.82) is 5.41 Å². The van der Waals surface area contributed by atoms with Gasteiger partial charge in [0.2, 0.25) is 0 Å². The standard InChI is InChI=1S/C15H13ClN2O/c16-15-9-11(17)8-14(18(15)19)13-7-3-5-10-4-1-2-6-12(10)13/h1-7,9,14,17,19H,8H2. The molecule has 2 aromatic rings. The first-order chi connectivity index (χ1) is 9.16.